The molecule has 1 aliphatic rings. The van der Waals surface area contributed by atoms with Crippen LogP contribution in [-0.2, 0) is 0 Å². The first kappa shape index (κ1) is 8.88. The first-order chi connectivity index (χ1) is 6.66. The van der Waals surface area contributed by atoms with Gasteiger partial charge in [-0.3, -0.25) is 0 Å². The lowest BCUT2D eigenvalue weighted by atomic mass is 10.2. The second kappa shape index (κ2) is 2.81. The zero-order chi connectivity index (χ0) is 9.87. The Bertz CT molecular complexity index is 505. The van der Waals surface area contributed by atoms with Crippen molar-refractivity contribution in [2.24, 2.45) is 0 Å². The first-order valence-electron chi connectivity index (χ1n) is 3.80. The van der Waals surface area contributed by atoms with Crippen LogP contribution in [0.15, 0.2) is 30.3 Å². The number of halogens is 2. The van der Waals surface area contributed by atoms with Crippen molar-refractivity contribution in [3.05, 3.63) is 32.6 Å². The molecule has 70 valence electrons. The molecule has 0 saturated carbocycles. The lowest BCUT2D eigenvalue weighted by Gasteiger charge is -1.86. The summed E-state index contributed by atoms with van der Waals surface area (Å²) in [5.74, 6) is 1.42. The Morgan fingerprint density at radius 1 is 0.929 bits per heavy atom. The maximum absolute atomic E-state index is 5.45. The van der Waals surface area contributed by atoms with E-state index in [1.54, 1.807) is 0 Å². The first-order valence-corrected chi connectivity index (χ1v) is 5.80. The highest BCUT2D eigenvalue weighted by atomic mass is 79.9. The summed E-state index contributed by atoms with van der Waals surface area (Å²) in [6.45, 7) is 0. The molecular weight excluding hydrogens is 332 g/mol. The van der Waals surface area contributed by atoms with Crippen molar-refractivity contribution >= 4 is 48.9 Å². The van der Waals surface area contributed by atoms with Gasteiger partial charge in [0.15, 0.2) is 20.9 Å². The molecule has 0 unspecified atom stereocenters. The summed E-state index contributed by atoms with van der Waals surface area (Å²) in [4.78, 5) is 0.777. The van der Waals surface area contributed by atoms with Gasteiger partial charge in [0.1, 0.15) is 0 Å². The summed E-state index contributed by atoms with van der Waals surface area (Å²) >= 11 is 11.8. The monoisotopic (exact) mass is 332 g/mol. The number of hydrogen-bond acceptors (Lipinski definition) is 3. The van der Waals surface area contributed by atoms with Crippen LogP contribution in [0, 0.1) is 0 Å². The molecule has 0 aliphatic heterocycles. The van der Waals surface area contributed by atoms with Crippen LogP contribution in [-0.4, -0.2) is 4.86 Å². The van der Waals surface area contributed by atoms with Crippen molar-refractivity contribution in [1.29, 1.82) is 0 Å². The van der Waals surface area contributed by atoms with E-state index in [1.165, 1.54) is 0 Å². The van der Waals surface area contributed by atoms with E-state index in [2.05, 4.69) is 31.9 Å². The molecule has 3 rings (SSSR count). The van der Waals surface area contributed by atoms with E-state index in [0.29, 0.717) is 20.9 Å². The van der Waals surface area contributed by atoms with Crippen molar-refractivity contribution in [3.8, 4) is 11.5 Å². The topological polar surface area (TPSA) is 26.3 Å². The van der Waals surface area contributed by atoms with Crippen LogP contribution in [0.25, 0.3) is 11.5 Å². The Labute approximate surface area is 102 Å². The number of rotatable bonds is 0. The lowest BCUT2D eigenvalue weighted by Crippen LogP contribution is -1.89. The average molecular weight is 334 g/mol. The van der Waals surface area contributed by atoms with Crippen LogP contribution in [0.4, 0.5) is 0 Å². The Morgan fingerprint density at radius 2 is 1.36 bits per heavy atom. The van der Waals surface area contributed by atoms with Crippen molar-refractivity contribution in [3.63, 3.8) is 0 Å². The molecule has 14 heavy (non-hydrogen) atoms. The molecule has 0 bridgehead atoms. The maximum atomic E-state index is 5.45. The highest BCUT2D eigenvalue weighted by molar-refractivity contribution is 9.10. The third-order valence-electron chi connectivity index (χ3n) is 2.10. The van der Waals surface area contributed by atoms with E-state index in [0.717, 1.165) is 16.0 Å². The predicted octanol–water partition coefficient (Wildman–Crippen LogP) is 4.14. The third kappa shape index (κ3) is 1.03. The predicted molar refractivity (Wildman–Crippen MR) is 62.6 cm³/mol. The van der Waals surface area contributed by atoms with Crippen LogP contribution in [0.1, 0.15) is 11.1 Å². The molecule has 2 nitrogen and oxygen atoms in total. The van der Waals surface area contributed by atoms with Crippen LogP contribution in [0.3, 0.4) is 0 Å². The van der Waals surface area contributed by atoms with Gasteiger partial charge in [-0.1, -0.05) is 12.2 Å². The van der Waals surface area contributed by atoms with Gasteiger partial charge in [-0.15, -0.1) is 0 Å². The highest BCUT2D eigenvalue weighted by Gasteiger charge is 2.31. The van der Waals surface area contributed by atoms with E-state index in [1.807, 2.05) is 12.1 Å². The Balaban J connectivity index is 2.37. The Hall–Kier alpha value is -0.390. The fraction of sp³-hybridized carbons (Fsp3) is 0. The fourth-order valence-electron chi connectivity index (χ4n) is 1.54. The average Bonchev–Trinajstić information content (AvgIpc) is 2.71. The van der Waals surface area contributed by atoms with E-state index in [4.69, 9.17) is 21.1 Å². The molecule has 2 aromatic rings. The molecular formula is C9H2Br2O2S. The van der Waals surface area contributed by atoms with Gasteiger partial charge in [-0.05, 0) is 31.9 Å². The minimum atomic E-state index is 0.669. The molecule has 0 spiro atoms. The molecule has 0 fully saturated rings. The van der Waals surface area contributed by atoms with E-state index in [-0.39, 0.29) is 0 Å². The van der Waals surface area contributed by atoms with Crippen molar-refractivity contribution in [2.75, 3.05) is 0 Å². The molecule has 0 N–H and O–H groups in total. The van der Waals surface area contributed by atoms with Crippen molar-refractivity contribution < 1.29 is 8.83 Å². The maximum Gasteiger partial charge on any atom is 0.180 e. The zero-order valence-corrected chi connectivity index (χ0v) is 10.6. The quantitative estimate of drug-likeness (QED) is 0.578. The molecule has 0 atom stereocenters. The molecule has 0 aromatic carbocycles. The third-order valence-corrected chi connectivity index (χ3v) is 3.32. The van der Waals surface area contributed by atoms with Gasteiger partial charge in [-0.25, -0.2) is 0 Å². The minimum Gasteiger partial charge on any atom is -0.445 e. The number of hydrogen-bond donors (Lipinski definition) is 0. The highest BCUT2D eigenvalue weighted by Crippen LogP contribution is 2.43. The van der Waals surface area contributed by atoms with E-state index < -0.39 is 0 Å². The summed E-state index contributed by atoms with van der Waals surface area (Å²) < 4.78 is 12.2. The van der Waals surface area contributed by atoms with Gasteiger partial charge in [0.05, 0.1) is 4.86 Å². The van der Waals surface area contributed by atoms with Crippen LogP contribution < -0.4 is 0 Å². The second-order valence-corrected chi connectivity index (χ2v) is 4.89. The summed E-state index contributed by atoms with van der Waals surface area (Å²) in [7, 11) is 0. The van der Waals surface area contributed by atoms with Gasteiger partial charge < -0.3 is 8.83 Å². The molecule has 0 saturated heterocycles. The smallest absolute Gasteiger partial charge is 0.180 e. The van der Waals surface area contributed by atoms with Crippen LogP contribution in [0.5, 0.6) is 0 Å². The van der Waals surface area contributed by atoms with Crippen LogP contribution >= 0.6 is 44.1 Å². The largest absolute Gasteiger partial charge is 0.445 e. The Kier molecular flexibility index (Phi) is 1.78. The Morgan fingerprint density at radius 3 is 1.79 bits per heavy atom. The van der Waals surface area contributed by atoms with Gasteiger partial charge in [0.25, 0.3) is 0 Å². The summed E-state index contributed by atoms with van der Waals surface area (Å²) in [6, 6.07) is 3.72. The van der Waals surface area contributed by atoms with E-state index in [9.17, 15) is 0 Å². The molecule has 0 radical (unpaired) electrons. The zero-order valence-electron chi connectivity index (χ0n) is 6.64. The fourth-order valence-corrected chi connectivity index (χ4v) is 2.63. The molecule has 2 heterocycles. The SMILES string of the molecule is S=C1c2cc(Br)oc2-c2oc(Br)cc21. The van der Waals surface area contributed by atoms with Gasteiger partial charge >= 0.3 is 0 Å². The molecule has 1 aliphatic carbocycles. The standard InChI is InChI=1S/C9H2Br2O2S/c10-5-1-3-7(12-5)8-4(9(3)14)2-6(11)13-8/h1-2H. The summed E-state index contributed by atoms with van der Waals surface area (Å²) in [6.07, 6.45) is 0. The minimum absolute atomic E-state index is 0.669. The number of fused-ring (bicyclic) bond motifs is 3. The van der Waals surface area contributed by atoms with Crippen LogP contribution in [0.2, 0.25) is 0 Å². The molecule has 0 amide bonds. The van der Waals surface area contributed by atoms with Crippen molar-refractivity contribution in [2.45, 2.75) is 0 Å². The van der Waals surface area contributed by atoms with Crippen molar-refractivity contribution in [1.82, 2.24) is 0 Å². The molecule has 2 aromatic heterocycles. The summed E-state index contributed by atoms with van der Waals surface area (Å²) in [5, 5.41) is 0. The number of furan rings is 2. The van der Waals surface area contributed by atoms with E-state index >= 15 is 0 Å². The lowest BCUT2D eigenvalue weighted by molar-refractivity contribution is 0.501. The second-order valence-electron chi connectivity index (χ2n) is 2.92. The summed E-state index contributed by atoms with van der Waals surface area (Å²) in [5.41, 5.74) is 1.85. The molecule has 5 heteroatoms. The number of thiocarbonyl (C=S) groups is 1. The van der Waals surface area contributed by atoms with Gasteiger partial charge in [0, 0.05) is 23.3 Å². The van der Waals surface area contributed by atoms with Gasteiger partial charge in [0.2, 0.25) is 0 Å². The normalized spacial score (nSPS) is 13.1. The van der Waals surface area contributed by atoms with Gasteiger partial charge in [-0.2, -0.15) is 0 Å².